The lowest BCUT2D eigenvalue weighted by molar-refractivity contribution is -0.142. The fraction of sp³-hybridized carbons (Fsp3) is 0.375. The van der Waals surface area contributed by atoms with Crippen molar-refractivity contribution in [1.82, 2.24) is 4.31 Å². The van der Waals surface area contributed by atoms with Gasteiger partial charge in [-0.3, -0.25) is 4.79 Å². The third-order valence-electron chi connectivity index (χ3n) is 5.76. The molecule has 1 saturated heterocycles. The van der Waals surface area contributed by atoms with Crippen molar-refractivity contribution in [3.8, 4) is 0 Å². The van der Waals surface area contributed by atoms with E-state index >= 15 is 0 Å². The normalized spacial score (nSPS) is 23.8. The summed E-state index contributed by atoms with van der Waals surface area (Å²) in [5.41, 5.74) is 1.64. The zero-order valence-corrected chi connectivity index (χ0v) is 21.4. The summed E-state index contributed by atoms with van der Waals surface area (Å²) in [5, 5.41) is 9.89. The third kappa shape index (κ3) is 4.98. The average molecular weight is 539 g/mol. The Morgan fingerprint density at radius 3 is 2.34 bits per heavy atom. The standard InChI is InChI=1S/C24H28BrNO4S2/c1-4-6-20-23(31-15-5-2)21(24(27)28)22(17-9-11-18(25)12-10-17)26(20)32(29,30)19-13-7-16(3)8-14-19/h5,7-14,20-23H,2,4,6,15H2,1,3H3,(H,27,28)/t20?,21-,22?,23?/m0/s1. The van der Waals surface area contributed by atoms with E-state index in [0.717, 1.165) is 16.5 Å². The number of halogens is 1. The van der Waals surface area contributed by atoms with Gasteiger partial charge in [0.25, 0.3) is 0 Å². The predicted octanol–water partition coefficient (Wildman–Crippen LogP) is 5.66. The Bertz CT molecular complexity index is 1050. The van der Waals surface area contributed by atoms with E-state index < -0.39 is 34.0 Å². The van der Waals surface area contributed by atoms with Gasteiger partial charge in [-0.05, 0) is 43.2 Å². The molecule has 32 heavy (non-hydrogen) atoms. The van der Waals surface area contributed by atoms with Crippen LogP contribution in [0.4, 0.5) is 0 Å². The Morgan fingerprint density at radius 1 is 1.19 bits per heavy atom. The van der Waals surface area contributed by atoms with Gasteiger partial charge < -0.3 is 5.11 Å². The highest BCUT2D eigenvalue weighted by Crippen LogP contribution is 2.50. The van der Waals surface area contributed by atoms with Gasteiger partial charge in [-0.15, -0.1) is 6.58 Å². The van der Waals surface area contributed by atoms with Crippen LogP contribution in [-0.2, 0) is 14.8 Å². The van der Waals surface area contributed by atoms with E-state index in [1.807, 2.05) is 38.1 Å². The molecule has 172 valence electrons. The van der Waals surface area contributed by atoms with Gasteiger partial charge in [0.2, 0.25) is 10.0 Å². The highest BCUT2D eigenvalue weighted by molar-refractivity contribution is 9.10. The molecule has 0 radical (unpaired) electrons. The molecule has 0 aliphatic carbocycles. The molecule has 1 aliphatic rings. The van der Waals surface area contributed by atoms with Crippen molar-refractivity contribution in [1.29, 1.82) is 0 Å². The molecule has 0 saturated carbocycles. The first-order valence-corrected chi connectivity index (χ1v) is 13.8. The zero-order valence-electron chi connectivity index (χ0n) is 18.1. The Balaban J connectivity index is 2.23. The second kappa shape index (κ2) is 10.5. The van der Waals surface area contributed by atoms with E-state index in [2.05, 4.69) is 22.5 Å². The molecule has 2 aromatic carbocycles. The number of rotatable bonds is 9. The lowest BCUT2D eigenvalue weighted by Crippen LogP contribution is -2.40. The number of carboxylic acids is 1. The van der Waals surface area contributed by atoms with Crippen molar-refractivity contribution in [2.45, 2.75) is 48.9 Å². The molecule has 1 aliphatic heterocycles. The van der Waals surface area contributed by atoms with Gasteiger partial charge in [0.15, 0.2) is 0 Å². The number of thioether (sulfide) groups is 1. The summed E-state index contributed by atoms with van der Waals surface area (Å²) in [7, 11) is -3.94. The quantitative estimate of drug-likeness (QED) is 0.417. The summed E-state index contributed by atoms with van der Waals surface area (Å²) in [6.45, 7) is 7.66. The van der Waals surface area contributed by atoms with Gasteiger partial charge in [-0.1, -0.05) is 65.2 Å². The van der Waals surface area contributed by atoms with Crippen LogP contribution in [0.3, 0.4) is 0 Å². The fourth-order valence-electron chi connectivity index (χ4n) is 4.36. The first kappa shape index (κ1) is 25.0. The molecule has 0 amide bonds. The Kier molecular flexibility index (Phi) is 8.25. The van der Waals surface area contributed by atoms with E-state index in [0.29, 0.717) is 17.7 Å². The van der Waals surface area contributed by atoms with Crippen molar-refractivity contribution in [3.63, 3.8) is 0 Å². The smallest absolute Gasteiger partial charge is 0.309 e. The topological polar surface area (TPSA) is 74.7 Å². The van der Waals surface area contributed by atoms with E-state index in [4.69, 9.17) is 0 Å². The lowest BCUT2D eigenvalue weighted by atomic mass is 9.92. The largest absolute Gasteiger partial charge is 0.481 e. The molecule has 8 heteroatoms. The number of hydrogen-bond donors (Lipinski definition) is 1. The van der Waals surface area contributed by atoms with Crippen LogP contribution < -0.4 is 0 Å². The fourth-order valence-corrected chi connectivity index (χ4v) is 7.89. The summed E-state index contributed by atoms with van der Waals surface area (Å²) in [4.78, 5) is 12.7. The maximum atomic E-state index is 14.0. The van der Waals surface area contributed by atoms with Crippen molar-refractivity contribution in [3.05, 3.63) is 76.8 Å². The first-order chi connectivity index (χ1) is 15.2. The average Bonchev–Trinajstić information content (AvgIpc) is 3.08. The molecule has 2 aromatic rings. The van der Waals surface area contributed by atoms with Crippen molar-refractivity contribution < 1.29 is 18.3 Å². The molecule has 0 bridgehead atoms. The molecule has 4 atom stereocenters. The minimum atomic E-state index is -3.94. The molecule has 3 rings (SSSR count). The van der Waals surface area contributed by atoms with Crippen molar-refractivity contribution in [2.75, 3.05) is 5.75 Å². The number of sulfonamides is 1. The predicted molar refractivity (Wildman–Crippen MR) is 133 cm³/mol. The SMILES string of the molecule is C=CCSC1C(CCC)N(S(=O)(=O)c2ccc(C)cc2)C(c2ccc(Br)cc2)[C@@H]1C(=O)O. The monoisotopic (exact) mass is 537 g/mol. The molecule has 0 spiro atoms. The van der Waals surface area contributed by atoms with Crippen LogP contribution in [0.5, 0.6) is 0 Å². The molecule has 1 N–H and O–H groups in total. The summed E-state index contributed by atoms with van der Waals surface area (Å²) in [5.74, 6) is -1.31. The van der Waals surface area contributed by atoms with E-state index in [1.54, 1.807) is 30.3 Å². The van der Waals surface area contributed by atoms with Gasteiger partial charge in [0.05, 0.1) is 16.9 Å². The maximum Gasteiger partial charge on any atom is 0.309 e. The molecule has 1 fully saturated rings. The number of hydrogen-bond acceptors (Lipinski definition) is 4. The zero-order chi connectivity index (χ0) is 23.5. The van der Waals surface area contributed by atoms with Gasteiger partial charge in [0, 0.05) is 21.5 Å². The van der Waals surface area contributed by atoms with Gasteiger partial charge in [0.1, 0.15) is 0 Å². The van der Waals surface area contributed by atoms with Crippen LogP contribution in [0.25, 0.3) is 0 Å². The summed E-state index contributed by atoms with van der Waals surface area (Å²) in [6, 6.07) is 12.8. The van der Waals surface area contributed by atoms with Gasteiger partial charge >= 0.3 is 5.97 Å². The number of carboxylic acid groups (broad SMARTS) is 1. The number of aliphatic carboxylic acids is 1. The Labute approximate surface area is 203 Å². The molecule has 0 aromatic heterocycles. The Morgan fingerprint density at radius 2 is 1.81 bits per heavy atom. The number of benzene rings is 2. The van der Waals surface area contributed by atoms with Crippen LogP contribution in [0.15, 0.2) is 70.6 Å². The highest BCUT2D eigenvalue weighted by Gasteiger charge is 2.56. The number of aryl methyl sites for hydroxylation is 1. The van der Waals surface area contributed by atoms with Gasteiger partial charge in [-0.2, -0.15) is 16.1 Å². The first-order valence-electron chi connectivity index (χ1n) is 10.5. The van der Waals surface area contributed by atoms with Crippen LogP contribution in [0.1, 0.15) is 36.9 Å². The summed E-state index contributed by atoms with van der Waals surface area (Å²) in [6.07, 6.45) is 3.06. The Hall–Kier alpha value is -1.61. The van der Waals surface area contributed by atoms with E-state index in [9.17, 15) is 18.3 Å². The van der Waals surface area contributed by atoms with E-state index in [-0.39, 0.29) is 10.1 Å². The highest BCUT2D eigenvalue weighted by atomic mass is 79.9. The van der Waals surface area contributed by atoms with Crippen LogP contribution in [-0.4, -0.2) is 40.8 Å². The molecule has 3 unspecified atom stereocenters. The second-order valence-electron chi connectivity index (χ2n) is 7.95. The summed E-state index contributed by atoms with van der Waals surface area (Å²) < 4.78 is 30.3. The maximum absolute atomic E-state index is 14.0. The van der Waals surface area contributed by atoms with Gasteiger partial charge in [-0.25, -0.2) is 8.42 Å². The number of nitrogens with zero attached hydrogens (tertiary/aromatic N) is 1. The van der Waals surface area contributed by atoms with Crippen LogP contribution >= 0.6 is 27.7 Å². The third-order valence-corrected chi connectivity index (χ3v) is 9.63. The van der Waals surface area contributed by atoms with Crippen LogP contribution in [0.2, 0.25) is 0 Å². The molecular formula is C24H28BrNO4S2. The van der Waals surface area contributed by atoms with Crippen molar-refractivity contribution in [2.24, 2.45) is 5.92 Å². The second-order valence-corrected chi connectivity index (χ2v) is 11.9. The molecule has 1 heterocycles. The van der Waals surface area contributed by atoms with Crippen LogP contribution in [0, 0.1) is 12.8 Å². The minimum Gasteiger partial charge on any atom is -0.481 e. The molecule has 5 nitrogen and oxygen atoms in total. The summed E-state index contributed by atoms with van der Waals surface area (Å²) >= 11 is 4.89. The van der Waals surface area contributed by atoms with E-state index in [1.165, 1.54) is 16.1 Å². The lowest BCUT2D eigenvalue weighted by Gasteiger charge is -2.31. The number of carbonyl (C=O) groups is 1. The molecular weight excluding hydrogens is 510 g/mol. The minimum absolute atomic E-state index is 0.185. The van der Waals surface area contributed by atoms with Crippen molar-refractivity contribution >= 4 is 43.7 Å².